The highest BCUT2D eigenvalue weighted by atomic mass is 15.0. The maximum atomic E-state index is 2.49. The summed E-state index contributed by atoms with van der Waals surface area (Å²) < 4.78 is 7.31. The van der Waals surface area contributed by atoms with E-state index in [0.717, 1.165) is 17.1 Å². The lowest BCUT2D eigenvalue weighted by atomic mass is 9.85. The second-order valence-corrected chi connectivity index (χ2v) is 15.3. The Morgan fingerprint density at radius 1 is 0.241 bits per heavy atom. The summed E-state index contributed by atoms with van der Waals surface area (Å²) in [6.07, 6.45) is 0. The van der Waals surface area contributed by atoms with Crippen LogP contribution in [0.4, 0.5) is 0 Å². The van der Waals surface area contributed by atoms with Crippen molar-refractivity contribution < 1.29 is 0 Å². The van der Waals surface area contributed by atoms with Gasteiger partial charge in [0.1, 0.15) is 0 Å². The van der Waals surface area contributed by atoms with E-state index in [2.05, 4.69) is 232 Å². The van der Waals surface area contributed by atoms with Crippen molar-refractivity contribution >= 4 is 65.4 Å². The predicted octanol–water partition coefficient (Wildman–Crippen LogP) is 14.2. The van der Waals surface area contributed by atoms with E-state index >= 15 is 0 Å². The molecule has 0 N–H and O–H groups in total. The van der Waals surface area contributed by atoms with Crippen LogP contribution in [-0.4, -0.2) is 13.7 Å². The lowest BCUT2D eigenvalue weighted by Gasteiger charge is -2.19. The summed E-state index contributed by atoms with van der Waals surface area (Å²) in [5.41, 5.74) is 14.5. The Morgan fingerprint density at radius 3 is 1.14 bits per heavy atom. The third-order valence-electron chi connectivity index (χ3n) is 12.2. The van der Waals surface area contributed by atoms with Crippen molar-refractivity contribution in [3.8, 4) is 17.1 Å². The molecule has 12 aromatic rings. The van der Waals surface area contributed by atoms with E-state index in [4.69, 9.17) is 0 Å². The summed E-state index contributed by atoms with van der Waals surface area (Å²) >= 11 is 0. The zero-order valence-corrected chi connectivity index (χ0v) is 31.7. The molecule has 0 atom stereocenters. The van der Waals surface area contributed by atoms with Crippen LogP contribution >= 0.6 is 0 Å². The molecule has 0 saturated heterocycles. The molecule has 3 nitrogen and oxygen atoms in total. The second kappa shape index (κ2) is 13.0. The van der Waals surface area contributed by atoms with E-state index in [0.29, 0.717) is 0 Å². The molecule has 12 rings (SSSR count). The van der Waals surface area contributed by atoms with Gasteiger partial charge in [-0.1, -0.05) is 152 Å². The Balaban J connectivity index is 1.05. The number of hydrogen-bond acceptors (Lipinski definition) is 0. The van der Waals surface area contributed by atoms with E-state index in [1.165, 1.54) is 82.1 Å². The topological polar surface area (TPSA) is 14.8 Å². The van der Waals surface area contributed by atoms with Crippen molar-refractivity contribution in [2.24, 2.45) is 0 Å². The third-order valence-corrected chi connectivity index (χ3v) is 12.2. The summed E-state index contributed by atoms with van der Waals surface area (Å²) in [5, 5.41) is 7.54. The van der Waals surface area contributed by atoms with Crippen molar-refractivity contribution in [2.45, 2.75) is 5.92 Å². The molecule has 0 aliphatic heterocycles. The van der Waals surface area contributed by atoms with Crippen LogP contribution in [0.2, 0.25) is 0 Å². The van der Waals surface area contributed by atoms with E-state index in [1.54, 1.807) is 0 Å². The van der Waals surface area contributed by atoms with Crippen LogP contribution in [0.5, 0.6) is 0 Å². The first-order valence-corrected chi connectivity index (χ1v) is 20.1. The highest BCUT2D eigenvalue weighted by molar-refractivity contribution is 6.26. The number of nitrogens with zero attached hydrogens (tertiary/aromatic N) is 3. The molecule has 0 radical (unpaired) electrons. The second-order valence-electron chi connectivity index (χ2n) is 15.3. The van der Waals surface area contributed by atoms with Crippen LogP contribution in [0.1, 0.15) is 22.6 Å². The Morgan fingerprint density at radius 2 is 0.603 bits per heavy atom. The van der Waals surface area contributed by atoms with Gasteiger partial charge in [-0.2, -0.15) is 0 Å². The van der Waals surface area contributed by atoms with Gasteiger partial charge in [0, 0.05) is 55.3 Å². The standard InChI is InChI=1S/C55H37N3/c1-3-15-37(16-4-1)53(38-17-5-2-6-18-38)39-27-29-42(30-28-39)58-50-25-13-9-21-45(50)46-35-36-52-54(55(46)58)47-22-10-14-26-51(47)57(52)41-33-31-40(32-34-41)56-48-23-11-7-19-43(48)44-20-8-12-24-49(44)56/h1-36,53H. The van der Waals surface area contributed by atoms with Crippen LogP contribution < -0.4 is 0 Å². The van der Waals surface area contributed by atoms with E-state index < -0.39 is 0 Å². The molecule has 0 spiro atoms. The summed E-state index contributed by atoms with van der Waals surface area (Å²) in [5.74, 6) is 0.139. The zero-order valence-electron chi connectivity index (χ0n) is 31.7. The van der Waals surface area contributed by atoms with Crippen molar-refractivity contribution in [3.63, 3.8) is 0 Å². The molecule has 0 aliphatic carbocycles. The maximum Gasteiger partial charge on any atom is 0.0641 e. The van der Waals surface area contributed by atoms with Gasteiger partial charge in [-0.3, -0.25) is 0 Å². The van der Waals surface area contributed by atoms with Crippen LogP contribution in [-0.2, 0) is 0 Å². The molecule has 3 heteroatoms. The molecule has 0 aliphatic rings. The predicted molar refractivity (Wildman–Crippen MR) is 243 cm³/mol. The highest BCUT2D eigenvalue weighted by Crippen LogP contribution is 2.43. The molecule has 272 valence electrons. The molecular weight excluding hydrogens is 703 g/mol. The zero-order chi connectivity index (χ0) is 38.2. The fourth-order valence-electron chi connectivity index (χ4n) is 9.69. The third kappa shape index (κ3) is 4.87. The fourth-order valence-corrected chi connectivity index (χ4v) is 9.69. The van der Waals surface area contributed by atoms with Gasteiger partial charge in [-0.05, 0) is 83.4 Å². The minimum Gasteiger partial charge on any atom is -0.309 e. The monoisotopic (exact) mass is 739 g/mol. The van der Waals surface area contributed by atoms with Crippen LogP contribution in [0.15, 0.2) is 218 Å². The maximum absolute atomic E-state index is 2.49. The first-order chi connectivity index (χ1) is 28.8. The minimum absolute atomic E-state index is 0.139. The van der Waals surface area contributed by atoms with Crippen LogP contribution in [0.3, 0.4) is 0 Å². The Hall–Kier alpha value is -7.62. The normalized spacial score (nSPS) is 11.9. The van der Waals surface area contributed by atoms with Gasteiger partial charge in [-0.15, -0.1) is 0 Å². The SMILES string of the molecule is c1ccc(C(c2ccccc2)c2ccc(-n3c4ccccc4c4ccc5c(c6ccccc6n5-c5ccc(-n6c7ccccc7c7ccccc76)cc5)c43)cc2)cc1. The van der Waals surface area contributed by atoms with Crippen molar-refractivity contribution in [3.05, 3.63) is 235 Å². The number of benzene rings is 9. The summed E-state index contributed by atoms with van der Waals surface area (Å²) in [6.45, 7) is 0. The van der Waals surface area contributed by atoms with Gasteiger partial charge in [-0.25, -0.2) is 0 Å². The first kappa shape index (κ1) is 32.6. The molecule has 0 amide bonds. The van der Waals surface area contributed by atoms with Crippen molar-refractivity contribution in [1.82, 2.24) is 13.7 Å². The minimum atomic E-state index is 0.139. The number of para-hydroxylation sites is 4. The van der Waals surface area contributed by atoms with Crippen LogP contribution in [0, 0.1) is 0 Å². The number of hydrogen-bond donors (Lipinski definition) is 0. The van der Waals surface area contributed by atoms with Crippen molar-refractivity contribution in [2.75, 3.05) is 0 Å². The Kier molecular flexibility index (Phi) is 7.29. The molecule has 3 heterocycles. The van der Waals surface area contributed by atoms with Gasteiger partial charge >= 0.3 is 0 Å². The molecule has 0 fully saturated rings. The first-order valence-electron chi connectivity index (χ1n) is 20.1. The molecule has 0 unspecified atom stereocenters. The molecule has 58 heavy (non-hydrogen) atoms. The molecule has 3 aromatic heterocycles. The molecule has 9 aromatic carbocycles. The van der Waals surface area contributed by atoms with Crippen LogP contribution in [0.25, 0.3) is 82.5 Å². The lowest BCUT2D eigenvalue weighted by Crippen LogP contribution is -2.04. The number of rotatable bonds is 6. The number of aromatic nitrogens is 3. The fraction of sp³-hybridized carbons (Fsp3) is 0.0182. The smallest absolute Gasteiger partial charge is 0.0641 e. The van der Waals surface area contributed by atoms with Gasteiger partial charge < -0.3 is 13.7 Å². The lowest BCUT2D eigenvalue weighted by molar-refractivity contribution is 0.975. The highest BCUT2D eigenvalue weighted by Gasteiger charge is 2.22. The summed E-state index contributed by atoms with van der Waals surface area (Å²) in [7, 11) is 0. The number of fused-ring (bicyclic) bond motifs is 10. The Bertz CT molecular complexity index is 3380. The van der Waals surface area contributed by atoms with E-state index in [1.807, 2.05) is 0 Å². The van der Waals surface area contributed by atoms with E-state index in [-0.39, 0.29) is 5.92 Å². The molecule has 0 bridgehead atoms. The molecule has 0 saturated carbocycles. The van der Waals surface area contributed by atoms with Gasteiger partial charge in [0.25, 0.3) is 0 Å². The quantitative estimate of drug-likeness (QED) is 0.151. The van der Waals surface area contributed by atoms with E-state index in [9.17, 15) is 0 Å². The summed E-state index contributed by atoms with van der Waals surface area (Å²) in [6, 6.07) is 79.8. The average molecular weight is 740 g/mol. The van der Waals surface area contributed by atoms with Gasteiger partial charge in [0.15, 0.2) is 0 Å². The Labute approximate surface area is 335 Å². The van der Waals surface area contributed by atoms with Gasteiger partial charge in [0.05, 0.1) is 33.1 Å². The van der Waals surface area contributed by atoms with Crippen molar-refractivity contribution in [1.29, 1.82) is 0 Å². The molecular formula is C55H37N3. The summed E-state index contributed by atoms with van der Waals surface area (Å²) in [4.78, 5) is 0. The van der Waals surface area contributed by atoms with Gasteiger partial charge in [0.2, 0.25) is 0 Å². The largest absolute Gasteiger partial charge is 0.309 e. The average Bonchev–Trinajstić information content (AvgIpc) is 3.94.